The maximum atomic E-state index is 12.0. The number of amides is 3. The highest BCUT2D eigenvalue weighted by atomic mass is 16.2. The largest absolute Gasteiger partial charge is 0.366 e. The Morgan fingerprint density at radius 3 is 2.10 bits per heavy atom. The lowest BCUT2D eigenvalue weighted by Crippen LogP contribution is -2.21. The second kappa shape index (κ2) is 5.83. The number of aromatic nitrogens is 1. The number of nitrogens with two attached hydrogens (primary N) is 2. The number of rotatable bonds is 4. The van der Waals surface area contributed by atoms with E-state index in [1.807, 2.05) is 0 Å². The smallest absolute Gasteiger partial charge is 0.255 e. The molecule has 0 atom stereocenters. The molecule has 0 unspecified atom stereocenters. The van der Waals surface area contributed by atoms with Gasteiger partial charge >= 0.3 is 0 Å². The minimum Gasteiger partial charge on any atom is -0.366 e. The van der Waals surface area contributed by atoms with Crippen LogP contribution in [0.25, 0.3) is 0 Å². The molecule has 7 heteroatoms. The molecule has 2 aromatic rings. The van der Waals surface area contributed by atoms with Crippen LogP contribution in [-0.2, 0) is 0 Å². The van der Waals surface area contributed by atoms with Gasteiger partial charge in [0.15, 0.2) is 0 Å². The highest BCUT2D eigenvalue weighted by molar-refractivity contribution is 6.08. The third kappa shape index (κ3) is 3.21. The topological polar surface area (TPSA) is 128 Å². The fourth-order valence-corrected chi connectivity index (χ4v) is 1.75. The maximum Gasteiger partial charge on any atom is 0.255 e. The summed E-state index contributed by atoms with van der Waals surface area (Å²) in [5.74, 6) is -1.95. The molecule has 0 saturated heterocycles. The van der Waals surface area contributed by atoms with Crippen molar-refractivity contribution in [2.75, 3.05) is 5.32 Å². The normalized spacial score (nSPS) is 9.90. The molecule has 2 rings (SSSR count). The molecule has 5 N–H and O–H groups in total. The lowest BCUT2D eigenvalue weighted by molar-refractivity contribution is 0.0967. The Hall–Kier alpha value is -3.22. The molecular formula is C14H12N4O3. The molecule has 1 aromatic heterocycles. The zero-order valence-corrected chi connectivity index (χ0v) is 10.9. The minimum atomic E-state index is -0.802. The standard InChI is InChI=1S/C14H12N4O3/c15-12(19)10-2-1-9(7-11(10)13(16)20)18-14(21)8-3-5-17-6-4-8/h1-7H,(H2,15,19)(H2,16,20)(H,18,21). The van der Waals surface area contributed by atoms with Crippen molar-refractivity contribution in [3.8, 4) is 0 Å². The van der Waals surface area contributed by atoms with E-state index in [1.165, 1.54) is 30.6 Å². The van der Waals surface area contributed by atoms with E-state index in [2.05, 4.69) is 10.3 Å². The molecule has 1 heterocycles. The van der Waals surface area contributed by atoms with Crippen LogP contribution in [0.5, 0.6) is 0 Å². The predicted molar refractivity (Wildman–Crippen MR) is 75.7 cm³/mol. The maximum absolute atomic E-state index is 12.0. The minimum absolute atomic E-state index is 0.00408. The van der Waals surface area contributed by atoms with Gasteiger partial charge in [-0.25, -0.2) is 0 Å². The first-order valence-electron chi connectivity index (χ1n) is 5.94. The molecule has 106 valence electrons. The highest BCUT2D eigenvalue weighted by Gasteiger charge is 2.14. The zero-order chi connectivity index (χ0) is 15.4. The number of nitrogens with one attached hydrogen (secondary N) is 1. The van der Waals surface area contributed by atoms with Gasteiger partial charge in [-0.05, 0) is 30.3 Å². The van der Waals surface area contributed by atoms with Gasteiger partial charge in [-0.3, -0.25) is 19.4 Å². The van der Waals surface area contributed by atoms with Gasteiger partial charge in [-0.2, -0.15) is 0 Å². The van der Waals surface area contributed by atoms with Gasteiger partial charge in [-0.1, -0.05) is 0 Å². The average Bonchev–Trinajstić information content (AvgIpc) is 2.47. The molecule has 0 radical (unpaired) electrons. The predicted octanol–water partition coefficient (Wildman–Crippen LogP) is 0.532. The van der Waals surface area contributed by atoms with Gasteiger partial charge in [0.25, 0.3) is 5.91 Å². The van der Waals surface area contributed by atoms with Crippen LogP contribution in [0.1, 0.15) is 31.1 Å². The van der Waals surface area contributed by atoms with E-state index in [0.29, 0.717) is 11.3 Å². The number of carbonyl (C=O) groups excluding carboxylic acids is 3. The van der Waals surface area contributed by atoms with E-state index >= 15 is 0 Å². The SMILES string of the molecule is NC(=O)c1ccc(NC(=O)c2ccncc2)cc1C(N)=O. The Balaban J connectivity index is 2.30. The molecular weight excluding hydrogens is 272 g/mol. The summed E-state index contributed by atoms with van der Waals surface area (Å²) in [5.41, 5.74) is 11.0. The Morgan fingerprint density at radius 2 is 1.52 bits per heavy atom. The van der Waals surface area contributed by atoms with E-state index in [0.717, 1.165) is 0 Å². The highest BCUT2D eigenvalue weighted by Crippen LogP contribution is 2.16. The Morgan fingerprint density at radius 1 is 0.905 bits per heavy atom. The lowest BCUT2D eigenvalue weighted by atomic mass is 10.1. The van der Waals surface area contributed by atoms with Crippen LogP contribution in [0.2, 0.25) is 0 Å². The molecule has 3 amide bonds. The molecule has 0 fully saturated rings. The van der Waals surface area contributed by atoms with Gasteiger partial charge in [0, 0.05) is 23.6 Å². The van der Waals surface area contributed by atoms with Crippen LogP contribution in [0.15, 0.2) is 42.7 Å². The third-order valence-corrected chi connectivity index (χ3v) is 2.75. The van der Waals surface area contributed by atoms with E-state index in [-0.39, 0.29) is 17.0 Å². The first-order valence-corrected chi connectivity index (χ1v) is 5.94. The van der Waals surface area contributed by atoms with E-state index < -0.39 is 11.8 Å². The summed E-state index contributed by atoms with van der Waals surface area (Å²) in [6, 6.07) is 7.20. The first kappa shape index (κ1) is 14.2. The van der Waals surface area contributed by atoms with Crippen molar-refractivity contribution in [3.63, 3.8) is 0 Å². The number of carbonyl (C=O) groups is 3. The Bertz CT molecular complexity index is 713. The van der Waals surface area contributed by atoms with Crippen LogP contribution in [0, 0.1) is 0 Å². The molecule has 0 aliphatic rings. The Kier molecular flexibility index (Phi) is 3.94. The number of benzene rings is 1. The summed E-state index contributed by atoms with van der Waals surface area (Å²) >= 11 is 0. The van der Waals surface area contributed by atoms with E-state index in [1.54, 1.807) is 12.1 Å². The van der Waals surface area contributed by atoms with E-state index in [4.69, 9.17) is 11.5 Å². The molecule has 0 aliphatic carbocycles. The fourth-order valence-electron chi connectivity index (χ4n) is 1.75. The summed E-state index contributed by atoms with van der Waals surface area (Å²) in [5, 5.41) is 2.59. The molecule has 0 aliphatic heterocycles. The number of anilines is 1. The number of primary amides is 2. The van der Waals surface area contributed by atoms with Crippen LogP contribution < -0.4 is 16.8 Å². The molecule has 7 nitrogen and oxygen atoms in total. The van der Waals surface area contributed by atoms with Gasteiger partial charge in [0.2, 0.25) is 11.8 Å². The van der Waals surface area contributed by atoms with Crippen molar-refractivity contribution in [3.05, 3.63) is 59.4 Å². The van der Waals surface area contributed by atoms with Gasteiger partial charge in [0.1, 0.15) is 0 Å². The second-order valence-electron chi connectivity index (χ2n) is 4.18. The number of pyridine rings is 1. The first-order chi connectivity index (χ1) is 9.99. The van der Waals surface area contributed by atoms with Gasteiger partial charge in [-0.15, -0.1) is 0 Å². The van der Waals surface area contributed by atoms with Crippen molar-refractivity contribution >= 4 is 23.4 Å². The third-order valence-electron chi connectivity index (χ3n) is 2.75. The van der Waals surface area contributed by atoms with Crippen molar-refractivity contribution in [1.29, 1.82) is 0 Å². The van der Waals surface area contributed by atoms with Crippen LogP contribution >= 0.6 is 0 Å². The summed E-state index contributed by atoms with van der Waals surface area (Å²) in [6.45, 7) is 0. The van der Waals surface area contributed by atoms with Crippen LogP contribution in [-0.4, -0.2) is 22.7 Å². The summed E-state index contributed by atoms with van der Waals surface area (Å²) < 4.78 is 0. The molecule has 1 aromatic carbocycles. The molecule has 0 saturated carbocycles. The van der Waals surface area contributed by atoms with Crippen molar-refractivity contribution in [2.45, 2.75) is 0 Å². The second-order valence-corrected chi connectivity index (χ2v) is 4.18. The molecule has 21 heavy (non-hydrogen) atoms. The summed E-state index contributed by atoms with van der Waals surface area (Å²) in [4.78, 5) is 38.3. The van der Waals surface area contributed by atoms with E-state index in [9.17, 15) is 14.4 Å². The summed E-state index contributed by atoms with van der Waals surface area (Å²) in [7, 11) is 0. The zero-order valence-electron chi connectivity index (χ0n) is 10.9. The summed E-state index contributed by atoms with van der Waals surface area (Å²) in [6.07, 6.45) is 2.97. The quantitative estimate of drug-likeness (QED) is 0.756. The van der Waals surface area contributed by atoms with Crippen LogP contribution in [0.3, 0.4) is 0 Å². The van der Waals surface area contributed by atoms with Crippen molar-refractivity contribution < 1.29 is 14.4 Å². The number of hydrogen-bond donors (Lipinski definition) is 3. The van der Waals surface area contributed by atoms with Gasteiger partial charge in [0.05, 0.1) is 11.1 Å². The lowest BCUT2D eigenvalue weighted by Gasteiger charge is -2.08. The molecule has 0 bridgehead atoms. The monoisotopic (exact) mass is 284 g/mol. The van der Waals surface area contributed by atoms with Gasteiger partial charge < -0.3 is 16.8 Å². The average molecular weight is 284 g/mol. The molecule has 0 spiro atoms. The number of hydrogen-bond acceptors (Lipinski definition) is 4. The number of nitrogens with zero attached hydrogens (tertiary/aromatic N) is 1. The van der Waals surface area contributed by atoms with Crippen LogP contribution in [0.4, 0.5) is 5.69 Å². The Labute approximate surface area is 120 Å². The van der Waals surface area contributed by atoms with Crippen molar-refractivity contribution in [2.24, 2.45) is 11.5 Å². The fraction of sp³-hybridized carbons (Fsp3) is 0. The van der Waals surface area contributed by atoms with Crippen molar-refractivity contribution in [1.82, 2.24) is 4.98 Å².